The quantitative estimate of drug-likeness (QED) is 0.171. The van der Waals surface area contributed by atoms with Crippen LogP contribution in [0, 0.1) is 0 Å². The predicted molar refractivity (Wildman–Crippen MR) is 205 cm³/mol. The Bertz CT molecular complexity index is 2610. The predicted octanol–water partition coefficient (Wildman–Crippen LogP) is 12.1. The van der Waals surface area contributed by atoms with Gasteiger partial charge >= 0.3 is 0 Å². The van der Waals surface area contributed by atoms with E-state index in [4.69, 9.17) is 0 Å². The topological polar surface area (TPSA) is 22.2 Å². The van der Waals surface area contributed by atoms with Crippen molar-refractivity contribution in [3.8, 4) is 33.6 Å². The number of aromatic nitrogens is 2. The maximum Gasteiger partial charge on any atom is 0.144 e. The third kappa shape index (κ3) is 3.97. The van der Waals surface area contributed by atoms with Gasteiger partial charge in [0.05, 0.1) is 16.6 Å². The molecule has 0 unspecified atom stereocenters. The maximum atomic E-state index is 4.55. The summed E-state index contributed by atoms with van der Waals surface area (Å²) in [6.45, 7) is 10.7. The molecule has 3 heteroatoms. The molecule has 6 aromatic carbocycles. The van der Waals surface area contributed by atoms with E-state index in [-0.39, 0.29) is 5.41 Å². The van der Waals surface area contributed by atoms with Crippen molar-refractivity contribution in [1.82, 2.24) is 9.13 Å². The number of fused-ring (bicyclic) bond motifs is 7. The molecule has 0 radical (unpaired) electrons. The Morgan fingerprint density at radius 3 is 2.10 bits per heavy atom. The summed E-state index contributed by atoms with van der Waals surface area (Å²) < 4.78 is 4.62. The number of nitrogens with zero attached hydrogens (tertiary/aromatic N) is 3. The normalized spacial score (nSPS) is 13.5. The van der Waals surface area contributed by atoms with Crippen molar-refractivity contribution in [2.45, 2.75) is 26.2 Å². The van der Waals surface area contributed by atoms with Gasteiger partial charge in [0.15, 0.2) is 0 Å². The van der Waals surface area contributed by atoms with E-state index in [1.54, 1.807) is 0 Å². The SMILES string of the molecule is C=Nc1c(/C=C\C)c2ccccc2n1-c1ccc2c3cc(-c4ccc5c(c4)-c4ccccc4C5(C)C)ccc3n(-c3ccccc3)c2c1. The first-order valence-electron chi connectivity index (χ1n) is 16.6. The van der Waals surface area contributed by atoms with Crippen LogP contribution in [0.2, 0.25) is 0 Å². The Morgan fingerprint density at radius 1 is 0.562 bits per heavy atom. The second kappa shape index (κ2) is 10.5. The summed E-state index contributed by atoms with van der Waals surface area (Å²) in [6.07, 6.45) is 4.19. The molecular formula is C45H35N3. The minimum absolute atomic E-state index is 0.00512. The van der Waals surface area contributed by atoms with Crippen molar-refractivity contribution < 1.29 is 0 Å². The molecule has 0 amide bonds. The lowest BCUT2D eigenvalue weighted by atomic mass is 9.82. The first kappa shape index (κ1) is 28.3. The summed E-state index contributed by atoms with van der Waals surface area (Å²) in [5.41, 5.74) is 14.6. The van der Waals surface area contributed by atoms with Crippen LogP contribution in [0.1, 0.15) is 37.5 Å². The zero-order valence-electron chi connectivity index (χ0n) is 27.4. The lowest BCUT2D eigenvalue weighted by Crippen LogP contribution is -2.14. The molecule has 0 saturated carbocycles. The van der Waals surface area contributed by atoms with E-state index >= 15 is 0 Å². The Hall–Kier alpha value is -5.93. The molecule has 0 bridgehead atoms. The molecule has 0 fully saturated rings. The van der Waals surface area contributed by atoms with Crippen LogP contribution in [0.15, 0.2) is 145 Å². The molecule has 2 aromatic heterocycles. The van der Waals surface area contributed by atoms with Crippen molar-refractivity contribution in [2.24, 2.45) is 4.99 Å². The highest BCUT2D eigenvalue weighted by atomic mass is 15.1. The fraction of sp³-hybridized carbons (Fsp3) is 0.0889. The molecule has 1 aliphatic carbocycles. The van der Waals surface area contributed by atoms with Crippen molar-refractivity contribution in [3.63, 3.8) is 0 Å². The van der Waals surface area contributed by atoms with Crippen LogP contribution < -0.4 is 0 Å². The summed E-state index contributed by atoms with van der Waals surface area (Å²) in [5, 5.41) is 3.60. The average molecular weight is 618 g/mol. The fourth-order valence-corrected chi connectivity index (χ4v) is 8.08. The monoisotopic (exact) mass is 617 g/mol. The third-order valence-corrected chi connectivity index (χ3v) is 10.3. The second-order valence-corrected chi connectivity index (χ2v) is 13.3. The molecular weight excluding hydrogens is 583 g/mol. The number of aliphatic imine (C=N–C) groups is 1. The van der Waals surface area contributed by atoms with E-state index in [9.17, 15) is 0 Å². The van der Waals surface area contributed by atoms with Gasteiger partial charge in [-0.2, -0.15) is 0 Å². The van der Waals surface area contributed by atoms with Gasteiger partial charge in [-0.15, -0.1) is 0 Å². The standard InChI is InChI=1S/C45H35N3/c1-5-13-36-34-17-10-12-19-41(34)48(44(36)46-4)32-22-23-35-38-27-30(21-25-42(38)47(43(35)28-32)31-14-7-6-8-15-31)29-20-24-40-37(26-29)33-16-9-11-18-39(33)45(40,2)3/h5-28H,4H2,1-3H3/b13-5-. The van der Waals surface area contributed by atoms with Crippen molar-refractivity contribution in [2.75, 3.05) is 0 Å². The minimum Gasteiger partial charge on any atom is -0.309 e. The van der Waals surface area contributed by atoms with Gasteiger partial charge in [0.2, 0.25) is 0 Å². The molecule has 9 rings (SSSR count). The molecule has 0 atom stereocenters. The highest BCUT2D eigenvalue weighted by Crippen LogP contribution is 2.49. The summed E-state index contributed by atoms with van der Waals surface area (Å²) in [4.78, 5) is 4.55. The average Bonchev–Trinajstić information content (AvgIpc) is 3.71. The lowest BCUT2D eigenvalue weighted by Gasteiger charge is -2.21. The number of allylic oxidation sites excluding steroid dienone is 1. The van der Waals surface area contributed by atoms with Crippen LogP contribution >= 0.6 is 0 Å². The number of hydrogen-bond acceptors (Lipinski definition) is 1. The van der Waals surface area contributed by atoms with Gasteiger partial charge in [-0.05, 0) is 95.6 Å². The van der Waals surface area contributed by atoms with E-state index in [1.807, 2.05) is 6.92 Å². The van der Waals surface area contributed by atoms with Gasteiger partial charge in [-0.25, -0.2) is 4.99 Å². The Balaban J connectivity index is 1.28. The van der Waals surface area contributed by atoms with Gasteiger partial charge < -0.3 is 4.57 Å². The number of para-hydroxylation sites is 2. The van der Waals surface area contributed by atoms with Crippen molar-refractivity contribution >= 4 is 51.3 Å². The van der Waals surface area contributed by atoms with E-state index < -0.39 is 0 Å². The van der Waals surface area contributed by atoms with Gasteiger partial charge in [-0.3, -0.25) is 4.57 Å². The molecule has 48 heavy (non-hydrogen) atoms. The molecule has 2 heterocycles. The largest absolute Gasteiger partial charge is 0.309 e. The second-order valence-electron chi connectivity index (χ2n) is 13.3. The molecule has 0 aliphatic heterocycles. The molecule has 0 N–H and O–H groups in total. The van der Waals surface area contributed by atoms with Crippen molar-refractivity contribution in [1.29, 1.82) is 0 Å². The highest BCUT2D eigenvalue weighted by molar-refractivity contribution is 6.11. The van der Waals surface area contributed by atoms with Crippen LogP contribution in [0.3, 0.4) is 0 Å². The van der Waals surface area contributed by atoms with E-state index in [1.165, 1.54) is 49.7 Å². The highest BCUT2D eigenvalue weighted by Gasteiger charge is 2.35. The van der Waals surface area contributed by atoms with Crippen LogP contribution in [0.5, 0.6) is 0 Å². The van der Waals surface area contributed by atoms with Gasteiger partial charge in [0.1, 0.15) is 5.82 Å². The van der Waals surface area contributed by atoms with Crippen molar-refractivity contribution in [3.05, 3.63) is 156 Å². The van der Waals surface area contributed by atoms with Gasteiger partial charge in [-0.1, -0.05) is 111 Å². The number of rotatable bonds is 5. The molecule has 8 aromatic rings. The van der Waals surface area contributed by atoms with Crippen LogP contribution in [0.4, 0.5) is 5.82 Å². The molecule has 0 saturated heterocycles. The number of benzene rings is 6. The summed E-state index contributed by atoms with van der Waals surface area (Å²) in [7, 11) is 0. The zero-order chi connectivity index (χ0) is 32.6. The molecule has 1 aliphatic rings. The fourth-order valence-electron chi connectivity index (χ4n) is 8.08. The van der Waals surface area contributed by atoms with Gasteiger partial charge in [0, 0.05) is 38.5 Å². The smallest absolute Gasteiger partial charge is 0.144 e. The third-order valence-electron chi connectivity index (χ3n) is 10.3. The first-order valence-corrected chi connectivity index (χ1v) is 16.6. The Kier molecular flexibility index (Phi) is 6.22. The van der Waals surface area contributed by atoms with Crippen LogP contribution in [-0.2, 0) is 5.41 Å². The minimum atomic E-state index is -0.00512. The zero-order valence-corrected chi connectivity index (χ0v) is 27.4. The molecule has 3 nitrogen and oxygen atoms in total. The Labute approximate surface area is 280 Å². The van der Waals surface area contributed by atoms with Gasteiger partial charge in [0.25, 0.3) is 0 Å². The number of hydrogen-bond donors (Lipinski definition) is 0. The summed E-state index contributed by atoms with van der Waals surface area (Å²) >= 11 is 0. The Morgan fingerprint density at radius 2 is 1.27 bits per heavy atom. The van der Waals surface area contributed by atoms with Crippen LogP contribution in [0.25, 0.3) is 72.4 Å². The van der Waals surface area contributed by atoms with E-state index in [0.717, 1.165) is 39.2 Å². The van der Waals surface area contributed by atoms with Crippen LogP contribution in [-0.4, -0.2) is 15.9 Å². The summed E-state index contributed by atoms with van der Waals surface area (Å²) in [6, 6.07) is 48.8. The first-order chi connectivity index (χ1) is 23.5. The molecule has 0 spiro atoms. The lowest BCUT2D eigenvalue weighted by molar-refractivity contribution is 0.660. The van der Waals surface area contributed by atoms with E-state index in [2.05, 4.69) is 180 Å². The van der Waals surface area contributed by atoms with E-state index in [0.29, 0.717) is 0 Å². The molecule has 230 valence electrons. The summed E-state index contributed by atoms with van der Waals surface area (Å²) in [5.74, 6) is 0.847. The maximum absolute atomic E-state index is 4.55.